The Hall–Kier alpha value is -0.550. The zero-order valence-corrected chi connectivity index (χ0v) is 9.79. The van der Waals surface area contributed by atoms with Gasteiger partial charge in [0.2, 0.25) is 0 Å². The van der Waals surface area contributed by atoms with Crippen LogP contribution in [0.5, 0.6) is 0 Å². The number of rotatable bonds is 2. The summed E-state index contributed by atoms with van der Waals surface area (Å²) in [4.78, 5) is 0. The summed E-state index contributed by atoms with van der Waals surface area (Å²) in [5, 5.41) is 7.60. The van der Waals surface area contributed by atoms with Crippen LogP contribution < -0.4 is 11.1 Å². The van der Waals surface area contributed by atoms with E-state index in [0.29, 0.717) is 12.1 Å². The third-order valence-corrected chi connectivity index (χ3v) is 3.64. The lowest BCUT2D eigenvalue weighted by atomic mass is 10.2. The topological polar surface area (TPSA) is 55.9 Å². The molecule has 0 aliphatic heterocycles. The highest BCUT2D eigenvalue weighted by Gasteiger charge is 2.22. The predicted molar refractivity (Wildman–Crippen MR) is 60.1 cm³/mol. The summed E-state index contributed by atoms with van der Waals surface area (Å²) in [6, 6.07) is 0.869. The molecule has 0 radical (unpaired) electrons. The Morgan fingerprint density at radius 3 is 2.93 bits per heavy atom. The van der Waals surface area contributed by atoms with Crippen LogP contribution in [0.2, 0.25) is 0 Å². The van der Waals surface area contributed by atoms with Gasteiger partial charge in [-0.1, -0.05) is 0 Å². The number of nitrogens with two attached hydrogens (primary N) is 1. The standard InChI is InChI=1S/C9H15BrN4/c1-14-9(10)8(5-12-14)13-7-3-2-6(11)4-7/h5-7,13H,2-4,11H2,1H3. The molecule has 14 heavy (non-hydrogen) atoms. The highest BCUT2D eigenvalue weighted by molar-refractivity contribution is 9.10. The third-order valence-electron chi connectivity index (χ3n) is 2.70. The molecule has 5 heteroatoms. The fourth-order valence-electron chi connectivity index (χ4n) is 1.89. The van der Waals surface area contributed by atoms with Crippen LogP contribution in [0.25, 0.3) is 0 Å². The van der Waals surface area contributed by atoms with Gasteiger partial charge in [-0.05, 0) is 35.2 Å². The molecule has 2 rings (SSSR count). The van der Waals surface area contributed by atoms with Crippen LogP contribution in [-0.4, -0.2) is 21.9 Å². The van der Waals surface area contributed by atoms with Crippen LogP contribution in [0.3, 0.4) is 0 Å². The molecule has 0 spiro atoms. The first-order chi connectivity index (χ1) is 6.66. The van der Waals surface area contributed by atoms with Gasteiger partial charge in [0.05, 0.1) is 11.9 Å². The van der Waals surface area contributed by atoms with Crippen LogP contribution in [-0.2, 0) is 7.05 Å². The molecule has 78 valence electrons. The average Bonchev–Trinajstić information content (AvgIpc) is 2.67. The van der Waals surface area contributed by atoms with Gasteiger partial charge in [-0.15, -0.1) is 0 Å². The first-order valence-electron chi connectivity index (χ1n) is 4.86. The van der Waals surface area contributed by atoms with Crippen LogP contribution in [0, 0.1) is 0 Å². The lowest BCUT2D eigenvalue weighted by Gasteiger charge is -2.12. The van der Waals surface area contributed by atoms with Crippen molar-refractivity contribution in [1.29, 1.82) is 0 Å². The van der Waals surface area contributed by atoms with Crippen LogP contribution in [0.1, 0.15) is 19.3 Å². The van der Waals surface area contributed by atoms with Gasteiger partial charge in [0, 0.05) is 19.1 Å². The van der Waals surface area contributed by atoms with Crippen molar-refractivity contribution in [2.75, 3.05) is 5.32 Å². The molecular weight excluding hydrogens is 244 g/mol. The van der Waals surface area contributed by atoms with Crippen molar-refractivity contribution in [2.24, 2.45) is 12.8 Å². The van der Waals surface area contributed by atoms with Gasteiger partial charge in [0.25, 0.3) is 0 Å². The van der Waals surface area contributed by atoms with Crippen molar-refractivity contribution in [1.82, 2.24) is 9.78 Å². The van der Waals surface area contributed by atoms with E-state index in [0.717, 1.165) is 29.6 Å². The van der Waals surface area contributed by atoms with E-state index >= 15 is 0 Å². The van der Waals surface area contributed by atoms with Crippen molar-refractivity contribution in [3.8, 4) is 0 Å². The van der Waals surface area contributed by atoms with Crippen molar-refractivity contribution >= 4 is 21.6 Å². The van der Waals surface area contributed by atoms with E-state index in [4.69, 9.17) is 5.73 Å². The molecule has 2 atom stereocenters. The second kappa shape index (κ2) is 3.90. The Kier molecular flexibility index (Phi) is 2.78. The fraction of sp³-hybridized carbons (Fsp3) is 0.667. The minimum Gasteiger partial charge on any atom is -0.379 e. The Labute approximate surface area is 92.0 Å². The van der Waals surface area contributed by atoms with Gasteiger partial charge in [-0.3, -0.25) is 4.68 Å². The van der Waals surface area contributed by atoms with E-state index in [2.05, 4.69) is 26.3 Å². The van der Waals surface area contributed by atoms with Crippen molar-refractivity contribution in [2.45, 2.75) is 31.3 Å². The molecule has 0 bridgehead atoms. The monoisotopic (exact) mass is 258 g/mol. The smallest absolute Gasteiger partial charge is 0.126 e. The van der Waals surface area contributed by atoms with E-state index in [-0.39, 0.29) is 0 Å². The molecule has 1 aromatic rings. The maximum absolute atomic E-state index is 5.85. The highest BCUT2D eigenvalue weighted by Crippen LogP contribution is 2.26. The molecule has 1 aromatic heterocycles. The number of hydrogen-bond donors (Lipinski definition) is 2. The molecule has 0 amide bonds. The molecule has 1 aliphatic carbocycles. The van der Waals surface area contributed by atoms with Crippen LogP contribution in [0.4, 0.5) is 5.69 Å². The molecule has 1 heterocycles. The fourth-order valence-corrected chi connectivity index (χ4v) is 2.20. The summed E-state index contributed by atoms with van der Waals surface area (Å²) >= 11 is 3.48. The maximum atomic E-state index is 5.85. The second-order valence-corrected chi connectivity index (χ2v) is 4.64. The molecule has 1 fully saturated rings. The number of aromatic nitrogens is 2. The Morgan fingerprint density at radius 2 is 2.43 bits per heavy atom. The first-order valence-corrected chi connectivity index (χ1v) is 5.65. The average molecular weight is 259 g/mol. The summed E-state index contributed by atoms with van der Waals surface area (Å²) < 4.78 is 2.80. The molecule has 0 saturated heterocycles. The minimum absolute atomic E-state index is 0.364. The van der Waals surface area contributed by atoms with E-state index < -0.39 is 0 Å². The summed E-state index contributed by atoms with van der Waals surface area (Å²) in [5.41, 5.74) is 6.91. The zero-order valence-electron chi connectivity index (χ0n) is 8.20. The predicted octanol–water partition coefficient (Wildman–Crippen LogP) is 1.47. The van der Waals surface area contributed by atoms with Gasteiger partial charge in [-0.2, -0.15) is 5.10 Å². The number of nitrogens with zero attached hydrogens (tertiary/aromatic N) is 2. The van der Waals surface area contributed by atoms with Gasteiger partial charge >= 0.3 is 0 Å². The quantitative estimate of drug-likeness (QED) is 0.845. The van der Waals surface area contributed by atoms with Gasteiger partial charge in [0.15, 0.2) is 0 Å². The molecule has 1 saturated carbocycles. The molecule has 2 unspecified atom stereocenters. The summed E-state index contributed by atoms with van der Waals surface area (Å²) in [6.07, 6.45) is 5.17. The summed E-state index contributed by atoms with van der Waals surface area (Å²) in [6.45, 7) is 0. The van der Waals surface area contributed by atoms with Crippen LogP contribution in [0.15, 0.2) is 10.8 Å². The van der Waals surface area contributed by atoms with E-state index in [1.807, 2.05) is 13.2 Å². The number of aryl methyl sites for hydroxylation is 1. The number of halogens is 1. The second-order valence-electron chi connectivity index (χ2n) is 3.89. The molecule has 1 aliphatic rings. The SMILES string of the molecule is Cn1ncc(NC2CCC(N)C2)c1Br. The molecule has 0 aromatic carbocycles. The minimum atomic E-state index is 0.364. The Morgan fingerprint density at radius 1 is 1.64 bits per heavy atom. The maximum Gasteiger partial charge on any atom is 0.126 e. The third kappa shape index (κ3) is 1.93. The number of hydrogen-bond acceptors (Lipinski definition) is 3. The normalized spacial score (nSPS) is 26.8. The summed E-state index contributed by atoms with van der Waals surface area (Å²) in [7, 11) is 1.91. The number of nitrogens with one attached hydrogen (secondary N) is 1. The van der Waals surface area contributed by atoms with E-state index in [9.17, 15) is 0 Å². The van der Waals surface area contributed by atoms with E-state index in [1.165, 1.54) is 0 Å². The van der Waals surface area contributed by atoms with Crippen molar-refractivity contribution in [3.05, 3.63) is 10.8 Å². The lowest BCUT2D eigenvalue weighted by Crippen LogP contribution is -2.20. The highest BCUT2D eigenvalue weighted by atomic mass is 79.9. The molecule has 3 N–H and O–H groups in total. The van der Waals surface area contributed by atoms with Gasteiger partial charge in [0.1, 0.15) is 4.60 Å². The van der Waals surface area contributed by atoms with E-state index in [1.54, 1.807) is 4.68 Å². The first kappa shape index (κ1) is 9.98. The van der Waals surface area contributed by atoms with Crippen molar-refractivity contribution in [3.63, 3.8) is 0 Å². The van der Waals surface area contributed by atoms with Crippen molar-refractivity contribution < 1.29 is 0 Å². The zero-order chi connectivity index (χ0) is 10.1. The Balaban J connectivity index is 2.01. The largest absolute Gasteiger partial charge is 0.379 e. The van der Waals surface area contributed by atoms with Gasteiger partial charge < -0.3 is 11.1 Å². The van der Waals surface area contributed by atoms with Gasteiger partial charge in [-0.25, -0.2) is 0 Å². The molecule has 4 nitrogen and oxygen atoms in total. The molecular formula is C9H15BrN4. The van der Waals surface area contributed by atoms with Crippen LogP contribution >= 0.6 is 15.9 Å². The summed E-state index contributed by atoms with van der Waals surface area (Å²) in [5.74, 6) is 0. The lowest BCUT2D eigenvalue weighted by molar-refractivity contribution is 0.687. The Bertz CT molecular complexity index is 323. The number of anilines is 1.